The van der Waals surface area contributed by atoms with Gasteiger partial charge in [-0.1, -0.05) is 50.2 Å². The van der Waals surface area contributed by atoms with Gasteiger partial charge in [0, 0.05) is 31.1 Å². The Balaban J connectivity index is 1.39. The molecule has 2 atom stereocenters. The van der Waals surface area contributed by atoms with Gasteiger partial charge in [-0.3, -0.25) is 4.79 Å². The van der Waals surface area contributed by atoms with Gasteiger partial charge in [-0.15, -0.1) is 0 Å². The van der Waals surface area contributed by atoms with Crippen molar-refractivity contribution in [2.75, 3.05) is 39.4 Å². The van der Waals surface area contributed by atoms with E-state index < -0.39 is 0 Å². The number of hydrogen-bond donors (Lipinski definition) is 1. The Kier molecular flexibility index (Phi) is 6.77. The number of amides is 1. The minimum absolute atomic E-state index is 0.132. The van der Waals surface area contributed by atoms with Crippen LogP contribution in [0.15, 0.2) is 34.9 Å². The highest BCUT2D eigenvalue weighted by Gasteiger charge is 2.30. The first kappa shape index (κ1) is 22.0. The summed E-state index contributed by atoms with van der Waals surface area (Å²) in [5, 5.41) is 7.84. The first-order chi connectivity index (χ1) is 14.9. The molecule has 0 spiro atoms. The molecule has 1 N–H and O–H groups in total. The van der Waals surface area contributed by atoms with Crippen LogP contribution >= 0.6 is 0 Å². The predicted octanol–water partition coefficient (Wildman–Crippen LogP) is 3.66. The van der Waals surface area contributed by atoms with E-state index >= 15 is 0 Å². The minimum Gasteiger partial charge on any atom is -0.378 e. The van der Waals surface area contributed by atoms with E-state index in [1.807, 2.05) is 4.90 Å². The van der Waals surface area contributed by atoms with Crippen LogP contribution in [-0.4, -0.2) is 55.4 Å². The molecule has 2 aliphatic rings. The molecule has 3 heterocycles. The van der Waals surface area contributed by atoms with Gasteiger partial charge in [0.2, 0.25) is 5.91 Å². The minimum atomic E-state index is 0.132. The fourth-order valence-electron chi connectivity index (χ4n) is 4.60. The number of rotatable bonds is 5. The van der Waals surface area contributed by atoms with Crippen LogP contribution in [0, 0.1) is 11.8 Å². The third kappa shape index (κ3) is 5.55. The number of benzene rings is 1. The number of nitrogens with one attached hydrogen (secondary N) is 1. The van der Waals surface area contributed by atoms with Crippen LogP contribution < -0.4 is 5.32 Å². The van der Waals surface area contributed by atoms with Crippen LogP contribution in [0.25, 0.3) is 11.3 Å². The average Bonchev–Trinajstić information content (AvgIpc) is 3.24. The van der Waals surface area contributed by atoms with Crippen LogP contribution in [0.5, 0.6) is 0 Å². The van der Waals surface area contributed by atoms with Gasteiger partial charge < -0.3 is 19.5 Å². The molecule has 0 saturated carbocycles. The smallest absolute Gasteiger partial charge is 0.223 e. The van der Waals surface area contributed by atoms with Crippen molar-refractivity contribution >= 4 is 5.91 Å². The van der Waals surface area contributed by atoms with Crippen molar-refractivity contribution in [3.05, 3.63) is 41.6 Å². The Morgan fingerprint density at radius 1 is 1.16 bits per heavy atom. The second-order valence-electron chi connectivity index (χ2n) is 9.92. The van der Waals surface area contributed by atoms with Crippen LogP contribution in [0.1, 0.15) is 44.9 Å². The zero-order valence-corrected chi connectivity index (χ0v) is 19.0. The molecular formula is C25H35N3O3. The molecule has 6 heteroatoms. The Hall–Kier alpha value is -2.18. The molecule has 2 aliphatic heterocycles. The van der Waals surface area contributed by atoms with Crippen molar-refractivity contribution in [2.24, 2.45) is 11.8 Å². The summed E-state index contributed by atoms with van der Waals surface area (Å²) >= 11 is 0. The standard InChI is InChI=1S/C25H35N3O3/c1-25(2,3)21-6-4-18(5-7-21)23-16-22(27-31-23)14-20-17-26-9-8-19(20)15-24(29)28-10-12-30-13-11-28/h4-7,16,19-20,26H,8-15,17H2,1-3H3. The third-order valence-electron chi connectivity index (χ3n) is 6.63. The molecule has 6 nitrogen and oxygen atoms in total. The van der Waals surface area contributed by atoms with Crippen LogP contribution in [0.2, 0.25) is 0 Å². The molecule has 0 bridgehead atoms. The van der Waals surface area contributed by atoms with Crippen molar-refractivity contribution in [3.8, 4) is 11.3 Å². The van der Waals surface area contributed by atoms with Gasteiger partial charge in [0.05, 0.1) is 18.9 Å². The summed E-state index contributed by atoms with van der Waals surface area (Å²) in [5.41, 5.74) is 3.45. The summed E-state index contributed by atoms with van der Waals surface area (Å²) in [7, 11) is 0. The van der Waals surface area contributed by atoms with Gasteiger partial charge in [0.15, 0.2) is 5.76 Å². The van der Waals surface area contributed by atoms with Gasteiger partial charge in [-0.05, 0) is 48.7 Å². The van der Waals surface area contributed by atoms with Gasteiger partial charge in [-0.2, -0.15) is 0 Å². The summed E-state index contributed by atoms with van der Waals surface area (Å²) < 4.78 is 11.0. The second kappa shape index (κ2) is 9.53. The molecular weight excluding hydrogens is 390 g/mol. The first-order valence-corrected chi connectivity index (χ1v) is 11.5. The van der Waals surface area contributed by atoms with E-state index in [-0.39, 0.29) is 11.3 Å². The van der Waals surface area contributed by atoms with Gasteiger partial charge in [0.25, 0.3) is 0 Å². The van der Waals surface area contributed by atoms with E-state index in [2.05, 4.69) is 61.6 Å². The van der Waals surface area contributed by atoms with Crippen molar-refractivity contribution in [1.29, 1.82) is 0 Å². The average molecular weight is 426 g/mol. The normalized spacial score (nSPS) is 22.5. The molecule has 1 amide bonds. The number of hydrogen-bond acceptors (Lipinski definition) is 5. The second-order valence-corrected chi connectivity index (χ2v) is 9.92. The van der Waals surface area contributed by atoms with Crippen LogP contribution in [0.4, 0.5) is 0 Å². The molecule has 2 fully saturated rings. The zero-order valence-electron chi connectivity index (χ0n) is 19.0. The molecule has 0 aliphatic carbocycles. The molecule has 31 heavy (non-hydrogen) atoms. The van der Waals surface area contributed by atoms with E-state index in [4.69, 9.17) is 9.26 Å². The van der Waals surface area contributed by atoms with Crippen LogP contribution in [0.3, 0.4) is 0 Å². The molecule has 1 aromatic carbocycles. The van der Waals surface area contributed by atoms with E-state index in [0.29, 0.717) is 31.5 Å². The zero-order chi connectivity index (χ0) is 21.8. The van der Waals surface area contributed by atoms with E-state index in [9.17, 15) is 4.79 Å². The van der Waals surface area contributed by atoms with Crippen molar-refractivity contribution in [2.45, 2.75) is 45.4 Å². The van der Waals surface area contributed by atoms with Crippen molar-refractivity contribution in [1.82, 2.24) is 15.4 Å². The monoisotopic (exact) mass is 425 g/mol. The first-order valence-electron chi connectivity index (χ1n) is 11.5. The summed E-state index contributed by atoms with van der Waals surface area (Å²) in [6, 6.07) is 10.6. The molecule has 1 aromatic heterocycles. The SMILES string of the molecule is CC(C)(C)c1ccc(-c2cc(CC3CNCCC3CC(=O)N3CCOCC3)no2)cc1. The summed E-state index contributed by atoms with van der Waals surface area (Å²) in [4.78, 5) is 14.7. The number of nitrogens with zero attached hydrogens (tertiary/aromatic N) is 2. The topological polar surface area (TPSA) is 67.6 Å². The van der Waals surface area contributed by atoms with Gasteiger partial charge >= 0.3 is 0 Å². The highest BCUT2D eigenvalue weighted by Crippen LogP contribution is 2.30. The number of morpholine rings is 1. The third-order valence-corrected chi connectivity index (χ3v) is 6.63. The molecule has 2 aromatic rings. The highest BCUT2D eigenvalue weighted by molar-refractivity contribution is 5.76. The largest absolute Gasteiger partial charge is 0.378 e. The van der Waals surface area contributed by atoms with Crippen molar-refractivity contribution < 1.29 is 14.1 Å². The molecule has 2 unspecified atom stereocenters. The summed E-state index contributed by atoms with van der Waals surface area (Å²) in [6.45, 7) is 11.3. The summed E-state index contributed by atoms with van der Waals surface area (Å²) in [6.07, 6.45) is 2.47. The highest BCUT2D eigenvalue weighted by atomic mass is 16.5. The number of ether oxygens (including phenoxy) is 1. The lowest BCUT2D eigenvalue weighted by Gasteiger charge is -2.34. The Labute approximate surface area is 185 Å². The predicted molar refractivity (Wildman–Crippen MR) is 121 cm³/mol. The molecule has 2 saturated heterocycles. The number of piperidine rings is 1. The van der Waals surface area contributed by atoms with Crippen molar-refractivity contribution in [3.63, 3.8) is 0 Å². The fourth-order valence-corrected chi connectivity index (χ4v) is 4.60. The molecule has 168 valence electrons. The maximum absolute atomic E-state index is 12.8. The van der Waals surface area contributed by atoms with Gasteiger partial charge in [-0.25, -0.2) is 0 Å². The Bertz CT molecular complexity index is 863. The van der Waals surface area contributed by atoms with E-state index in [0.717, 1.165) is 56.0 Å². The lowest BCUT2D eigenvalue weighted by molar-refractivity contribution is -0.136. The summed E-state index contributed by atoms with van der Waals surface area (Å²) in [5.74, 6) is 1.84. The quantitative estimate of drug-likeness (QED) is 0.792. The van der Waals surface area contributed by atoms with E-state index in [1.54, 1.807) is 0 Å². The maximum Gasteiger partial charge on any atom is 0.223 e. The Morgan fingerprint density at radius 2 is 1.90 bits per heavy atom. The molecule has 4 rings (SSSR count). The van der Waals surface area contributed by atoms with E-state index in [1.165, 1.54) is 5.56 Å². The lowest BCUT2D eigenvalue weighted by atomic mass is 9.81. The van der Waals surface area contributed by atoms with Crippen LogP contribution in [-0.2, 0) is 21.4 Å². The van der Waals surface area contributed by atoms with Gasteiger partial charge in [0.1, 0.15) is 0 Å². The number of carbonyl (C=O) groups is 1. The Morgan fingerprint density at radius 3 is 2.61 bits per heavy atom. The maximum atomic E-state index is 12.8. The number of aromatic nitrogens is 1. The fraction of sp³-hybridized carbons (Fsp3) is 0.600. The lowest BCUT2D eigenvalue weighted by Crippen LogP contribution is -2.44. The molecule has 0 radical (unpaired) electrons. The number of carbonyl (C=O) groups excluding carboxylic acids is 1.